The molecule has 1 atom stereocenters. The Bertz CT molecular complexity index is 654. The second-order valence-electron chi connectivity index (χ2n) is 15.6. The fourth-order valence-corrected chi connectivity index (χ4v) is 6.22. The number of ether oxygens (including phenoxy) is 2. The summed E-state index contributed by atoms with van der Waals surface area (Å²) in [6, 6.07) is 0. The van der Waals surface area contributed by atoms with E-state index in [4.69, 9.17) is 14.3 Å². The number of unbranched alkanes of at least 4 members (excludes halogenated alkanes) is 25. The molecule has 0 aliphatic carbocycles. The van der Waals surface area contributed by atoms with Crippen LogP contribution in [0.25, 0.3) is 0 Å². The van der Waals surface area contributed by atoms with Gasteiger partial charge in [0.2, 0.25) is 0 Å². The van der Waals surface area contributed by atoms with E-state index < -0.39 is 0 Å². The molecule has 0 aromatic carbocycles. The quantitative estimate of drug-likeness (QED) is 0.0401. The molecule has 0 saturated heterocycles. The standard InChI is InChI=1S/C42H86N2O4/c1-7-9-11-13-15-17-19-20-21-22-23-25-27-29-31-33-36-40(35-32-30-28-26-24-18-16-14-12-10-8-2)48-41(45)43-37-34-38-47-44(6)39-46-42(3,4)5/h40H,7-39H2,1-6H3,(H,43,45). The Morgan fingerprint density at radius 1 is 0.562 bits per heavy atom. The van der Waals surface area contributed by atoms with Crippen molar-refractivity contribution < 1.29 is 19.1 Å². The summed E-state index contributed by atoms with van der Waals surface area (Å²) in [6.45, 7) is 12.2. The van der Waals surface area contributed by atoms with Gasteiger partial charge < -0.3 is 14.8 Å². The molecule has 0 heterocycles. The molecule has 0 aliphatic heterocycles. The lowest BCUT2D eigenvalue weighted by molar-refractivity contribution is -0.213. The third-order valence-electron chi connectivity index (χ3n) is 9.36. The lowest BCUT2D eigenvalue weighted by Gasteiger charge is -2.24. The predicted octanol–water partition coefficient (Wildman–Crippen LogP) is 13.5. The number of carbonyl (C=O) groups excluding carboxylic acids is 1. The number of hydrogen-bond acceptors (Lipinski definition) is 5. The first-order chi connectivity index (χ1) is 23.3. The molecule has 1 N–H and O–H groups in total. The maximum Gasteiger partial charge on any atom is 0.407 e. The smallest absolute Gasteiger partial charge is 0.407 e. The van der Waals surface area contributed by atoms with E-state index in [0.717, 1.165) is 32.1 Å². The molecule has 0 aromatic heterocycles. The van der Waals surface area contributed by atoms with E-state index in [0.29, 0.717) is 19.9 Å². The molecule has 0 fully saturated rings. The number of rotatable bonds is 37. The highest BCUT2D eigenvalue weighted by atomic mass is 16.7. The normalized spacial score (nSPS) is 12.6. The van der Waals surface area contributed by atoms with Crippen LogP contribution in [-0.4, -0.2) is 49.8 Å². The van der Waals surface area contributed by atoms with Crippen LogP contribution in [0.4, 0.5) is 4.79 Å². The Morgan fingerprint density at radius 3 is 1.27 bits per heavy atom. The largest absolute Gasteiger partial charge is 0.446 e. The van der Waals surface area contributed by atoms with Crippen molar-refractivity contribution in [2.75, 3.05) is 26.9 Å². The summed E-state index contributed by atoms with van der Waals surface area (Å²) in [7, 11) is 1.87. The molecule has 48 heavy (non-hydrogen) atoms. The van der Waals surface area contributed by atoms with Gasteiger partial charge in [0.1, 0.15) is 12.8 Å². The molecule has 1 unspecified atom stereocenters. The molecule has 0 bridgehead atoms. The predicted molar refractivity (Wildman–Crippen MR) is 208 cm³/mol. The minimum absolute atomic E-state index is 0.0344. The Hall–Kier alpha value is -0.850. The number of amides is 1. The van der Waals surface area contributed by atoms with Gasteiger partial charge in [-0.05, 0) is 52.9 Å². The number of hydroxylamine groups is 2. The summed E-state index contributed by atoms with van der Waals surface area (Å²) in [5, 5.41) is 4.65. The third kappa shape index (κ3) is 38.0. The highest BCUT2D eigenvalue weighted by Gasteiger charge is 2.15. The second-order valence-corrected chi connectivity index (χ2v) is 15.6. The Morgan fingerprint density at radius 2 is 0.917 bits per heavy atom. The molecule has 0 aliphatic rings. The first-order valence-corrected chi connectivity index (χ1v) is 21.2. The van der Waals surface area contributed by atoms with Crippen molar-refractivity contribution in [1.82, 2.24) is 10.4 Å². The highest BCUT2D eigenvalue weighted by molar-refractivity contribution is 5.67. The van der Waals surface area contributed by atoms with Gasteiger partial charge in [0.25, 0.3) is 0 Å². The average molecular weight is 683 g/mol. The number of nitrogens with zero attached hydrogens (tertiary/aromatic N) is 1. The van der Waals surface area contributed by atoms with E-state index in [2.05, 4.69) is 19.2 Å². The monoisotopic (exact) mass is 683 g/mol. The van der Waals surface area contributed by atoms with E-state index in [-0.39, 0.29) is 17.8 Å². The van der Waals surface area contributed by atoms with Gasteiger partial charge in [0.15, 0.2) is 0 Å². The van der Waals surface area contributed by atoms with Crippen LogP contribution in [0.5, 0.6) is 0 Å². The summed E-state index contributed by atoms with van der Waals surface area (Å²) < 4.78 is 11.7. The lowest BCUT2D eigenvalue weighted by atomic mass is 10.0. The zero-order valence-corrected chi connectivity index (χ0v) is 33.5. The van der Waals surface area contributed by atoms with Gasteiger partial charge in [-0.25, -0.2) is 4.79 Å². The van der Waals surface area contributed by atoms with Crippen molar-refractivity contribution >= 4 is 6.09 Å². The Labute approximate surface area is 300 Å². The molecule has 0 radical (unpaired) electrons. The van der Waals surface area contributed by atoms with Crippen molar-refractivity contribution in [3.05, 3.63) is 0 Å². The van der Waals surface area contributed by atoms with Gasteiger partial charge in [-0.1, -0.05) is 174 Å². The maximum absolute atomic E-state index is 12.6. The second kappa shape index (κ2) is 36.0. The fourth-order valence-electron chi connectivity index (χ4n) is 6.22. The zero-order valence-electron chi connectivity index (χ0n) is 33.5. The molecule has 288 valence electrons. The van der Waals surface area contributed by atoms with Crippen molar-refractivity contribution in [3.63, 3.8) is 0 Å². The van der Waals surface area contributed by atoms with Crippen LogP contribution in [0.3, 0.4) is 0 Å². The van der Waals surface area contributed by atoms with Crippen LogP contribution in [0, 0.1) is 0 Å². The number of nitrogens with one attached hydrogen (secondary N) is 1. The van der Waals surface area contributed by atoms with Crippen molar-refractivity contribution in [2.45, 2.75) is 239 Å². The Kier molecular flexibility index (Phi) is 35.3. The average Bonchev–Trinajstić information content (AvgIpc) is 3.05. The van der Waals surface area contributed by atoms with Gasteiger partial charge in [0.05, 0.1) is 12.2 Å². The zero-order chi connectivity index (χ0) is 35.4. The summed E-state index contributed by atoms with van der Waals surface area (Å²) in [5.74, 6) is 0. The molecule has 0 aromatic rings. The maximum atomic E-state index is 12.6. The van der Waals surface area contributed by atoms with Crippen molar-refractivity contribution in [1.29, 1.82) is 0 Å². The van der Waals surface area contributed by atoms with Crippen LogP contribution in [0.2, 0.25) is 0 Å². The van der Waals surface area contributed by atoms with Crippen LogP contribution >= 0.6 is 0 Å². The highest BCUT2D eigenvalue weighted by Crippen LogP contribution is 2.19. The van der Waals surface area contributed by atoms with E-state index in [1.807, 2.05) is 27.8 Å². The van der Waals surface area contributed by atoms with Crippen molar-refractivity contribution in [3.8, 4) is 0 Å². The van der Waals surface area contributed by atoms with Gasteiger partial charge in [-0.15, -0.1) is 0 Å². The van der Waals surface area contributed by atoms with E-state index in [1.54, 1.807) is 5.06 Å². The van der Waals surface area contributed by atoms with Crippen LogP contribution in [0.1, 0.15) is 227 Å². The van der Waals surface area contributed by atoms with Gasteiger partial charge in [0, 0.05) is 13.6 Å². The van der Waals surface area contributed by atoms with Crippen molar-refractivity contribution in [2.24, 2.45) is 0 Å². The fraction of sp³-hybridized carbons (Fsp3) is 0.976. The summed E-state index contributed by atoms with van der Waals surface area (Å²) in [4.78, 5) is 18.3. The number of carbonyl (C=O) groups is 1. The molecule has 6 heteroatoms. The van der Waals surface area contributed by atoms with Crippen LogP contribution in [-0.2, 0) is 14.3 Å². The summed E-state index contributed by atoms with van der Waals surface area (Å²) in [6.07, 6.45) is 39.3. The molecule has 0 rings (SSSR count). The molecule has 6 nitrogen and oxygen atoms in total. The summed E-state index contributed by atoms with van der Waals surface area (Å²) >= 11 is 0. The van der Waals surface area contributed by atoms with Crippen LogP contribution in [0.15, 0.2) is 0 Å². The van der Waals surface area contributed by atoms with Gasteiger partial charge in [-0.2, -0.15) is 5.06 Å². The molecule has 0 saturated carbocycles. The lowest BCUT2D eigenvalue weighted by Crippen LogP contribution is -2.32. The molecule has 1 amide bonds. The van der Waals surface area contributed by atoms with E-state index in [1.165, 1.54) is 161 Å². The first-order valence-electron chi connectivity index (χ1n) is 21.2. The SMILES string of the molecule is CCCCCCCCCCCCCCCCCCC(CCCCCCCCCCCCC)OC(=O)NCCCON(C)COC(C)(C)C. The Balaban J connectivity index is 4.13. The van der Waals surface area contributed by atoms with E-state index in [9.17, 15) is 4.79 Å². The first kappa shape index (κ1) is 47.1. The molecular formula is C42H86N2O4. The minimum Gasteiger partial charge on any atom is -0.446 e. The van der Waals surface area contributed by atoms with E-state index >= 15 is 0 Å². The molecule has 0 spiro atoms. The third-order valence-corrected chi connectivity index (χ3v) is 9.36. The van der Waals surface area contributed by atoms with Gasteiger partial charge >= 0.3 is 6.09 Å². The van der Waals surface area contributed by atoms with Gasteiger partial charge in [-0.3, -0.25) is 4.84 Å². The number of hydrogen-bond donors (Lipinski definition) is 1. The van der Waals surface area contributed by atoms with Crippen LogP contribution < -0.4 is 5.32 Å². The summed E-state index contributed by atoms with van der Waals surface area (Å²) in [5.41, 5.74) is -0.195. The minimum atomic E-state index is -0.274. The number of alkyl carbamates (subject to hydrolysis) is 1. The molecular weight excluding hydrogens is 596 g/mol. The topological polar surface area (TPSA) is 60.0 Å².